The molecule has 0 saturated heterocycles. The van der Waals surface area contributed by atoms with Gasteiger partial charge in [-0.2, -0.15) is 0 Å². The van der Waals surface area contributed by atoms with Crippen LogP contribution in [0.1, 0.15) is 62.7 Å². The molecule has 23 heavy (non-hydrogen) atoms. The van der Waals surface area contributed by atoms with E-state index in [9.17, 15) is 10.2 Å². The number of hydrogen-bond acceptors (Lipinski definition) is 3. The van der Waals surface area contributed by atoms with Crippen LogP contribution in [0.15, 0.2) is 22.8 Å². The number of aliphatic hydroxyl groups is 2. The Morgan fingerprint density at radius 2 is 2.17 bits per heavy atom. The molecule has 3 heteroatoms. The quantitative estimate of drug-likeness (QED) is 0.830. The van der Waals surface area contributed by atoms with Crippen molar-refractivity contribution >= 4 is 6.08 Å². The SMILES string of the molecule is C[C@@]12C=Cc3occc3[C@H]1CC[C@]13C[C@H](CC[C@@H]12)[C@](O)(CO)C3. The summed E-state index contributed by atoms with van der Waals surface area (Å²) in [4.78, 5) is 0. The summed E-state index contributed by atoms with van der Waals surface area (Å²) >= 11 is 0. The predicted octanol–water partition coefficient (Wildman–Crippen LogP) is 3.72. The summed E-state index contributed by atoms with van der Waals surface area (Å²) in [5, 5.41) is 20.7. The van der Waals surface area contributed by atoms with Crippen molar-refractivity contribution in [3.05, 3.63) is 29.7 Å². The Morgan fingerprint density at radius 3 is 3.00 bits per heavy atom. The van der Waals surface area contributed by atoms with Crippen molar-refractivity contribution in [1.29, 1.82) is 0 Å². The van der Waals surface area contributed by atoms with Gasteiger partial charge in [-0.15, -0.1) is 0 Å². The highest BCUT2D eigenvalue weighted by Crippen LogP contribution is 2.71. The van der Waals surface area contributed by atoms with Crippen LogP contribution in [0.3, 0.4) is 0 Å². The molecule has 1 spiro atoms. The maximum absolute atomic E-state index is 10.9. The third-order valence-electron chi connectivity index (χ3n) is 8.02. The Kier molecular flexibility index (Phi) is 2.68. The minimum atomic E-state index is -0.836. The third-order valence-corrected chi connectivity index (χ3v) is 8.02. The van der Waals surface area contributed by atoms with Gasteiger partial charge in [-0.1, -0.05) is 13.0 Å². The van der Waals surface area contributed by atoms with Gasteiger partial charge in [0.25, 0.3) is 0 Å². The molecular weight excluding hydrogens is 288 g/mol. The molecule has 0 aromatic carbocycles. The number of aliphatic hydroxyl groups excluding tert-OH is 1. The van der Waals surface area contributed by atoms with Gasteiger partial charge in [0.15, 0.2) is 0 Å². The number of furan rings is 1. The van der Waals surface area contributed by atoms with E-state index in [-0.39, 0.29) is 17.4 Å². The van der Waals surface area contributed by atoms with Gasteiger partial charge in [-0.3, -0.25) is 0 Å². The van der Waals surface area contributed by atoms with Crippen molar-refractivity contribution in [2.45, 2.75) is 57.0 Å². The lowest BCUT2D eigenvalue weighted by Gasteiger charge is -2.58. The van der Waals surface area contributed by atoms with E-state index >= 15 is 0 Å². The average Bonchev–Trinajstić information content (AvgIpc) is 3.09. The first kappa shape index (κ1) is 14.3. The van der Waals surface area contributed by atoms with E-state index in [1.807, 2.05) is 6.26 Å². The summed E-state index contributed by atoms with van der Waals surface area (Å²) in [6, 6.07) is 2.16. The second kappa shape index (κ2) is 4.31. The zero-order valence-electron chi connectivity index (χ0n) is 13.8. The number of fused-ring (bicyclic) bond motifs is 5. The molecule has 3 saturated carbocycles. The Hall–Kier alpha value is -1.06. The summed E-state index contributed by atoms with van der Waals surface area (Å²) in [7, 11) is 0. The lowest BCUT2D eigenvalue weighted by Crippen LogP contribution is -2.49. The highest BCUT2D eigenvalue weighted by atomic mass is 16.3. The van der Waals surface area contributed by atoms with Crippen LogP contribution in [-0.4, -0.2) is 22.4 Å². The zero-order chi connectivity index (χ0) is 15.9. The van der Waals surface area contributed by atoms with E-state index in [0.29, 0.717) is 17.8 Å². The van der Waals surface area contributed by atoms with Crippen LogP contribution in [0.5, 0.6) is 0 Å². The largest absolute Gasteiger partial charge is 0.465 e. The van der Waals surface area contributed by atoms with Crippen molar-refractivity contribution in [3.63, 3.8) is 0 Å². The van der Waals surface area contributed by atoms with Gasteiger partial charge in [-0.25, -0.2) is 0 Å². The third kappa shape index (κ3) is 1.63. The number of hydrogen-bond donors (Lipinski definition) is 2. The van der Waals surface area contributed by atoms with Gasteiger partial charge in [-0.05, 0) is 79.3 Å². The van der Waals surface area contributed by atoms with Gasteiger partial charge in [0.2, 0.25) is 0 Å². The number of rotatable bonds is 1. The summed E-state index contributed by atoms with van der Waals surface area (Å²) in [6.07, 6.45) is 12.9. The van der Waals surface area contributed by atoms with Crippen LogP contribution in [0.2, 0.25) is 0 Å². The Bertz CT molecular complexity index is 676. The minimum Gasteiger partial charge on any atom is -0.465 e. The summed E-state index contributed by atoms with van der Waals surface area (Å²) in [5.74, 6) is 2.47. The second-order valence-electron chi connectivity index (χ2n) is 8.86. The summed E-state index contributed by atoms with van der Waals surface area (Å²) in [5.41, 5.74) is 0.914. The molecule has 4 aliphatic carbocycles. The van der Waals surface area contributed by atoms with Crippen molar-refractivity contribution in [2.75, 3.05) is 6.61 Å². The lowest BCUT2D eigenvalue weighted by molar-refractivity contribution is -0.0517. The van der Waals surface area contributed by atoms with E-state index < -0.39 is 5.60 Å². The molecule has 0 radical (unpaired) electrons. The maximum Gasteiger partial charge on any atom is 0.129 e. The van der Waals surface area contributed by atoms with Gasteiger partial charge in [0, 0.05) is 5.56 Å². The normalized spacial score (nSPS) is 50.3. The highest BCUT2D eigenvalue weighted by molar-refractivity contribution is 5.55. The summed E-state index contributed by atoms with van der Waals surface area (Å²) in [6.45, 7) is 2.35. The summed E-state index contributed by atoms with van der Waals surface area (Å²) < 4.78 is 5.64. The van der Waals surface area contributed by atoms with Crippen LogP contribution >= 0.6 is 0 Å². The minimum absolute atomic E-state index is 0.0754. The lowest BCUT2D eigenvalue weighted by atomic mass is 9.46. The Morgan fingerprint density at radius 1 is 1.30 bits per heavy atom. The molecule has 1 heterocycles. The first-order chi connectivity index (χ1) is 11.0. The molecule has 2 bridgehead atoms. The van der Waals surface area contributed by atoms with Crippen LogP contribution in [0.4, 0.5) is 0 Å². The standard InChI is InChI=1S/C20H26O3/c1-18-7-5-16-14(6-9-23-16)15(18)4-8-19-10-13(2-3-17(18)19)20(22,11-19)12-21/h5-7,9,13,15,17,21-22H,2-4,8,10-12H2,1H3/t13-,15+,17+,18+,19+,20+/m0/s1. The van der Waals surface area contributed by atoms with Crippen molar-refractivity contribution < 1.29 is 14.6 Å². The highest BCUT2D eigenvalue weighted by Gasteiger charge is 2.65. The zero-order valence-corrected chi connectivity index (χ0v) is 13.8. The van der Waals surface area contributed by atoms with E-state index in [2.05, 4.69) is 25.1 Å². The van der Waals surface area contributed by atoms with E-state index in [1.54, 1.807) is 0 Å². The van der Waals surface area contributed by atoms with Crippen molar-refractivity contribution in [2.24, 2.45) is 22.7 Å². The molecule has 124 valence electrons. The van der Waals surface area contributed by atoms with Crippen LogP contribution in [0, 0.1) is 22.7 Å². The molecule has 1 aromatic rings. The molecule has 0 unspecified atom stereocenters. The van der Waals surface area contributed by atoms with Gasteiger partial charge in [0.05, 0.1) is 18.5 Å². The first-order valence-corrected chi connectivity index (χ1v) is 9.11. The fourth-order valence-corrected chi connectivity index (χ4v) is 7.06. The van der Waals surface area contributed by atoms with Crippen molar-refractivity contribution in [1.82, 2.24) is 0 Å². The molecule has 2 N–H and O–H groups in total. The molecule has 5 rings (SSSR count). The molecule has 4 aliphatic rings. The number of allylic oxidation sites excluding steroid dienone is 1. The Balaban J connectivity index is 1.58. The smallest absolute Gasteiger partial charge is 0.129 e. The van der Waals surface area contributed by atoms with E-state index in [0.717, 1.165) is 31.4 Å². The van der Waals surface area contributed by atoms with Gasteiger partial charge >= 0.3 is 0 Å². The average molecular weight is 314 g/mol. The fraction of sp³-hybridized carbons (Fsp3) is 0.700. The van der Waals surface area contributed by atoms with Crippen LogP contribution < -0.4 is 0 Å². The van der Waals surface area contributed by atoms with Crippen molar-refractivity contribution in [3.8, 4) is 0 Å². The fourth-order valence-electron chi connectivity index (χ4n) is 7.06. The molecule has 3 fully saturated rings. The Labute approximate surface area is 137 Å². The molecule has 3 nitrogen and oxygen atoms in total. The van der Waals surface area contributed by atoms with Crippen LogP contribution in [-0.2, 0) is 0 Å². The van der Waals surface area contributed by atoms with Crippen LogP contribution in [0.25, 0.3) is 6.08 Å². The second-order valence-corrected chi connectivity index (χ2v) is 8.86. The first-order valence-electron chi connectivity index (χ1n) is 9.11. The molecule has 6 atom stereocenters. The molecule has 0 aliphatic heterocycles. The monoisotopic (exact) mass is 314 g/mol. The molecular formula is C20H26O3. The predicted molar refractivity (Wildman–Crippen MR) is 87.7 cm³/mol. The maximum atomic E-state index is 10.9. The van der Waals surface area contributed by atoms with Gasteiger partial charge < -0.3 is 14.6 Å². The molecule has 0 amide bonds. The topological polar surface area (TPSA) is 53.6 Å². The molecule has 1 aromatic heterocycles. The van der Waals surface area contributed by atoms with Gasteiger partial charge in [0.1, 0.15) is 5.76 Å². The van der Waals surface area contributed by atoms with E-state index in [1.165, 1.54) is 18.4 Å². The van der Waals surface area contributed by atoms with E-state index in [4.69, 9.17) is 4.42 Å².